The number of hydrogen-bond acceptors (Lipinski definition) is 6. The number of ether oxygens (including phenoxy) is 1. The van der Waals surface area contributed by atoms with Crippen molar-refractivity contribution in [2.24, 2.45) is 0 Å². The molecule has 0 radical (unpaired) electrons. The Hall–Kier alpha value is -3.13. The smallest absolute Gasteiger partial charge is 0.341 e. The van der Waals surface area contributed by atoms with Crippen LogP contribution in [0.25, 0.3) is 11.0 Å². The molecule has 2 N–H and O–H groups in total. The molecule has 0 aliphatic carbocycles. The van der Waals surface area contributed by atoms with Crippen molar-refractivity contribution in [1.29, 1.82) is 0 Å². The molecule has 0 aliphatic heterocycles. The fourth-order valence-corrected chi connectivity index (χ4v) is 3.99. The van der Waals surface area contributed by atoms with E-state index in [0.717, 1.165) is 21.4 Å². The molecule has 3 rings (SSSR count). The van der Waals surface area contributed by atoms with Gasteiger partial charge in [-0.1, -0.05) is 18.2 Å². The molecule has 3 aromatic rings. The van der Waals surface area contributed by atoms with Gasteiger partial charge >= 0.3 is 5.97 Å². The number of para-hydroxylation sites is 1. The Morgan fingerprint density at radius 3 is 2.62 bits per heavy atom. The number of anilines is 1. The molecule has 29 heavy (non-hydrogen) atoms. The van der Waals surface area contributed by atoms with Crippen LogP contribution in [0.15, 0.2) is 34.7 Å². The third kappa shape index (κ3) is 4.65. The van der Waals surface area contributed by atoms with Gasteiger partial charge in [-0.3, -0.25) is 9.59 Å². The van der Waals surface area contributed by atoms with Crippen molar-refractivity contribution in [1.82, 2.24) is 5.32 Å². The van der Waals surface area contributed by atoms with Crippen molar-refractivity contribution in [3.05, 3.63) is 52.1 Å². The first-order chi connectivity index (χ1) is 13.8. The van der Waals surface area contributed by atoms with Crippen LogP contribution >= 0.6 is 11.3 Å². The van der Waals surface area contributed by atoms with Gasteiger partial charge in [0.1, 0.15) is 16.3 Å². The summed E-state index contributed by atoms with van der Waals surface area (Å²) in [5.41, 5.74) is 1.74. The van der Waals surface area contributed by atoms with Gasteiger partial charge in [-0.15, -0.1) is 11.3 Å². The number of thiophene rings is 1. The minimum atomic E-state index is -0.651. The summed E-state index contributed by atoms with van der Waals surface area (Å²) in [6.07, 6.45) is 0. The molecule has 8 heteroatoms. The summed E-state index contributed by atoms with van der Waals surface area (Å²) < 4.78 is 10.9. The average Bonchev–Trinajstić information content (AvgIpc) is 3.21. The van der Waals surface area contributed by atoms with Crippen LogP contribution in [0.1, 0.15) is 46.4 Å². The molecule has 0 saturated carbocycles. The van der Waals surface area contributed by atoms with Crippen LogP contribution in [0, 0.1) is 13.8 Å². The molecule has 0 aliphatic rings. The molecule has 0 fully saturated rings. The van der Waals surface area contributed by atoms with E-state index in [4.69, 9.17) is 9.15 Å². The van der Waals surface area contributed by atoms with Crippen LogP contribution in [-0.2, 0) is 14.3 Å². The average molecular weight is 414 g/mol. The Morgan fingerprint density at radius 1 is 1.21 bits per heavy atom. The number of carbonyl (C=O) groups is 3. The fourth-order valence-electron chi connectivity index (χ4n) is 2.89. The number of amides is 2. The largest absolute Gasteiger partial charge is 0.459 e. The van der Waals surface area contributed by atoms with Gasteiger partial charge in [0.25, 0.3) is 5.91 Å². The molecule has 2 aromatic heterocycles. The van der Waals surface area contributed by atoms with Crippen LogP contribution in [-0.4, -0.2) is 24.4 Å². The highest BCUT2D eigenvalue weighted by Gasteiger charge is 2.23. The standard InChI is InChI=1S/C21H22N2O5S/c1-11-13(3)29-20(23-14(4)24)19(11)21(26)27-10-18(25)22-12(2)17-9-15-7-5-6-8-16(15)28-17/h5-9,12H,10H2,1-4H3,(H,22,25)(H,23,24)/t12-/m1/s1. The van der Waals surface area contributed by atoms with Crippen LogP contribution in [0.3, 0.4) is 0 Å². The summed E-state index contributed by atoms with van der Waals surface area (Å²) in [6.45, 7) is 6.35. The van der Waals surface area contributed by atoms with E-state index in [-0.39, 0.29) is 17.5 Å². The number of aryl methyl sites for hydroxylation is 1. The quantitative estimate of drug-likeness (QED) is 0.592. The van der Waals surface area contributed by atoms with Crippen molar-refractivity contribution in [3.63, 3.8) is 0 Å². The first kappa shape index (κ1) is 20.6. The van der Waals surface area contributed by atoms with Crippen molar-refractivity contribution >= 4 is 45.1 Å². The predicted octanol–water partition coefficient (Wildman–Crippen LogP) is 4.10. The lowest BCUT2D eigenvalue weighted by Crippen LogP contribution is -2.31. The minimum absolute atomic E-state index is 0.279. The Bertz CT molecular complexity index is 1050. The third-order valence-corrected chi connectivity index (χ3v) is 5.58. The summed E-state index contributed by atoms with van der Waals surface area (Å²) in [5, 5.41) is 6.76. The molecule has 0 spiro atoms. The summed E-state index contributed by atoms with van der Waals surface area (Å²) in [4.78, 5) is 37.0. The van der Waals surface area contributed by atoms with Gasteiger partial charge in [0.05, 0.1) is 11.6 Å². The van der Waals surface area contributed by atoms with E-state index < -0.39 is 18.5 Å². The van der Waals surface area contributed by atoms with E-state index in [0.29, 0.717) is 10.8 Å². The maximum atomic E-state index is 12.5. The number of fused-ring (bicyclic) bond motifs is 1. The van der Waals surface area contributed by atoms with Crippen LogP contribution in [0.2, 0.25) is 0 Å². The topological polar surface area (TPSA) is 97.6 Å². The maximum Gasteiger partial charge on any atom is 0.341 e. The molecule has 2 amide bonds. The Kier molecular flexibility index (Phi) is 6.03. The first-order valence-corrected chi connectivity index (χ1v) is 9.90. The SMILES string of the molecule is CC(=O)Nc1sc(C)c(C)c1C(=O)OCC(=O)N[C@H](C)c1cc2ccccc2o1. The lowest BCUT2D eigenvalue weighted by molar-refractivity contribution is -0.125. The van der Waals surface area contributed by atoms with Crippen molar-refractivity contribution in [3.8, 4) is 0 Å². The fraction of sp³-hybridized carbons (Fsp3) is 0.286. The summed E-state index contributed by atoms with van der Waals surface area (Å²) in [5.74, 6) is -0.764. The van der Waals surface area contributed by atoms with E-state index in [2.05, 4.69) is 10.6 Å². The molecule has 0 bridgehead atoms. The normalized spacial score (nSPS) is 11.9. The monoisotopic (exact) mass is 414 g/mol. The van der Waals surface area contributed by atoms with Crippen molar-refractivity contribution in [2.45, 2.75) is 33.7 Å². The zero-order valence-corrected chi connectivity index (χ0v) is 17.4. The van der Waals surface area contributed by atoms with Crippen LogP contribution in [0.4, 0.5) is 5.00 Å². The van der Waals surface area contributed by atoms with Crippen molar-refractivity contribution < 1.29 is 23.5 Å². The number of nitrogens with one attached hydrogen (secondary N) is 2. The molecule has 0 saturated heterocycles. The second kappa shape index (κ2) is 8.48. The number of carbonyl (C=O) groups excluding carboxylic acids is 3. The Balaban J connectivity index is 1.62. The summed E-state index contributed by atoms with van der Waals surface area (Å²) in [7, 11) is 0. The van der Waals surface area contributed by atoms with Gasteiger partial charge < -0.3 is 19.8 Å². The van der Waals surface area contributed by atoms with E-state index in [1.807, 2.05) is 37.3 Å². The number of hydrogen-bond donors (Lipinski definition) is 2. The molecule has 1 atom stereocenters. The minimum Gasteiger partial charge on any atom is -0.459 e. The first-order valence-electron chi connectivity index (χ1n) is 9.08. The molecular formula is C21H22N2O5S. The highest BCUT2D eigenvalue weighted by atomic mass is 32.1. The number of rotatable bonds is 6. The highest BCUT2D eigenvalue weighted by Crippen LogP contribution is 2.33. The third-order valence-electron chi connectivity index (χ3n) is 4.46. The van der Waals surface area contributed by atoms with E-state index >= 15 is 0 Å². The molecule has 152 valence electrons. The number of furan rings is 1. The Labute approximate surface area is 172 Å². The van der Waals surface area contributed by atoms with E-state index in [1.165, 1.54) is 18.3 Å². The van der Waals surface area contributed by atoms with Gasteiger partial charge in [0.2, 0.25) is 5.91 Å². The lowest BCUT2D eigenvalue weighted by atomic mass is 10.1. The number of benzene rings is 1. The summed E-state index contributed by atoms with van der Waals surface area (Å²) >= 11 is 1.30. The molecular weight excluding hydrogens is 392 g/mol. The van der Waals surface area contributed by atoms with Crippen LogP contribution < -0.4 is 10.6 Å². The molecule has 2 heterocycles. The molecule has 0 unspecified atom stereocenters. The second-order valence-corrected chi connectivity index (χ2v) is 7.95. The zero-order chi connectivity index (χ0) is 21.1. The Morgan fingerprint density at radius 2 is 1.93 bits per heavy atom. The predicted molar refractivity (Wildman–Crippen MR) is 111 cm³/mol. The molecule has 7 nitrogen and oxygen atoms in total. The van der Waals surface area contributed by atoms with Crippen molar-refractivity contribution in [2.75, 3.05) is 11.9 Å². The summed E-state index contributed by atoms with van der Waals surface area (Å²) in [6, 6.07) is 9.05. The van der Waals surface area contributed by atoms with Crippen LogP contribution in [0.5, 0.6) is 0 Å². The maximum absolute atomic E-state index is 12.5. The van der Waals surface area contributed by atoms with Gasteiger partial charge in [-0.2, -0.15) is 0 Å². The van der Waals surface area contributed by atoms with E-state index in [9.17, 15) is 14.4 Å². The van der Waals surface area contributed by atoms with Gasteiger partial charge in [0, 0.05) is 17.2 Å². The van der Waals surface area contributed by atoms with Gasteiger partial charge in [0.15, 0.2) is 6.61 Å². The zero-order valence-electron chi connectivity index (χ0n) is 16.6. The second-order valence-electron chi connectivity index (χ2n) is 6.72. The van der Waals surface area contributed by atoms with Gasteiger partial charge in [-0.05, 0) is 38.5 Å². The number of esters is 1. The highest BCUT2D eigenvalue weighted by molar-refractivity contribution is 7.16. The molecule has 1 aromatic carbocycles. The van der Waals surface area contributed by atoms with E-state index in [1.54, 1.807) is 13.8 Å². The lowest BCUT2D eigenvalue weighted by Gasteiger charge is -2.12. The van der Waals surface area contributed by atoms with Gasteiger partial charge in [-0.25, -0.2) is 4.79 Å².